The second-order valence-corrected chi connectivity index (χ2v) is 5.61. The van der Waals surface area contributed by atoms with Crippen molar-refractivity contribution in [3.63, 3.8) is 0 Å². The molecule has 0 saturated heterocycles. The van der Waals surface area contributed by atoms with Crippen LogP contribution >= 0.6 is 0 Å². The lowest BCUT2D eigenvalue weighted by Gasteiger charge is -2.33. The number of likely N-dealkylation sites (N-methyl/N-ethyl adjacent to an activating group) is 1. The molecule has 3 nitrogen and oxygen atoms in total. The average molecular weight is 265 g/mol. The lowest BCUT2D eigenvalue weighted by atomic mass is 9.91. The van der Waals surface area contributed by atoms with E-state index in [1.54, 1.807) is 0 Å². The van der Waals surface area contributed by atoms with Crippen molar-refractivity contribution in [3.05, 3.63) is 35.9 Å². The molecule has 0 aliphatic heterocycles. The number of aliphatic hydroxyl groups is 1. The van der Waals surface area contributed by atoms with Gasteiger partial charge in [-0.05, 0) is 31.9 Å². The van der Waals surface area contributed by atoms with Gasteiger partial charge in [0.05, 0.1) is 24.9 Å². The van der Waals surface area contributed by atoms with Crippen molar-refractivity contribution in [2.45, 2.75) is 38.8 Å². The molecule has 1 rings (SSSR count). The van der Waals surface area contributed by atoms with Crippen molar-refractivity contribution in [1.82, 2.24) is 5.32 Å². The molecule has 0 heterocycles. The maximum Gasteiger partial charge on any atom is 0.0903 e. The van der Waals surface area contributed by atoms with Crippen LogP contribution in [0.15, 0.2) is 30.3 Å². The zero-order valence-electron chi connectivity index (χ0n) is 12.5. The van der Waals surface area contributed by atoms with Gasteiger partial charge in [-0.15, -0.1) is 0 Å². The third kappa shape index (κ3) is 4.60. The highest BCUT2D eigenvalue weighted by atomic mass is 16.5. The number of aliphatic hydroxyl groups excluding tert-OH is 1. The number of hydrogen-bond acceptors (Lipinski definition) is 3. The fourth-order valence-electron chi connectivity index (χ4n) is 2.29. The Kier molecular flexibility index (Phi) is 6.49. The van der Waals surface area contributed by atoms with E-state index < -0.39 is 5.54 Å². The fourth-order valence-corrected chi connectivity index (χ4v) is 2.29. The van der Waals surface area contributed by atoms with E-state index in [2.05, 4.69) is 26.1 Å². The molecule has 19 heavy (non-hydrogen) atoms. The molecule has 108 valence electrons. The SMILES string of the molecule is CNC(CO)(COC(C)CC(C)C)c1ccccc1. The third-order valence-electron chi connectivity index (χ3n) is 3.49. The van der Waals surface area contributed by atoms with Gasteiger partial charge in [0.1, 0.15) is 0 Å². The first-order valence-corrected chi connectivity index (χ1v) is 7.01. The van der Waals surface area contributed by atoms with Gasteiger partial charge in [-0.25, -0.2) is 0 Å². The van der Waals surface area contributed by atoms with Gasteiger partial charge in [0.15, 0.2) is 0 Å². The van der Waals surface area contributed by atoms with E-state index in [0.717, 1.165) is 12.0 Å². The average Bonchev–Trinajstić information content (AvgIpc) is 2.41. The van der Waals surface area contributed by atoms with E-state index in [-0.39, 0.29) is 12.7 Å². The highest BCUT2D eigenvalue weighted by Crippen LogP contribution is 2.22. The lowest BCUT2D eigenvalue weighted by Crippen LogP contribution is -2.48. The van der Waals surface area contributed by atoms with Crippen molar-refractivity contribution in [2.75, 3.05) is 20.3 Å². The van der Waals surface area contributed by atoms with Crippen LogP contribution in [0.3, 0.4) is 0 Å². The van der Waals surface area contributed by atoms with E-state index in [9.17, 15) is 5.11 Å². The summed E-state index contributed by atoms with van der Waals surface area (Å²) in [6, 6.07) is 9.97. The summed E-state index contributed by atoms with van der Waals surface area (Å²) in [6.45, 7) is 6.95. The molecule has 0 aliphatic rings. The van der Waals surface area contributed by atoms with Crippen LogP contribution in [0.1, 0.15) is 32.8 Å². The second-order valence-electron chi connectivity index (χ2n) is 5.61. The molecule has 1 aromatic carbocycles. The Bertz CT molecular complexity index is 347. The molecule has 3 heteroatoms. The zero-order valence-corrected chi connectivity index (χ0v) is 12.5. The predicted molar refractivity (Wildman–Crippen MR) is 79.1 cm³/mol. The molecule has 0 aliphatic carbocycles. The maximum absolute atomic E-state index is 9.78. The van der Waals surface area contributed by atoms with E-state index in [4.69, 9.17) is 4.74 Å². The summed E-state index contributed by atoms with van der Waals surface area (Å²) in [5.41, 5.74) is 0.531. The number of hydrogen-bond donors (Lipinski definition) is 2. The van der Waals surface area contributed by atoms with Gasteiger partial charge in [-0.2, -0.15) is 0 Å². The van der Waals surface area contributed by atoms with Crippen LogP contribution in [-0.2, 0) is 10.3 Å². The summed E-state index contributed by atoms with van der Waals surface area (Å²) in [5.74, 6) is 0.616. The van der Waals surface area contributed by atoms with E-state index >= 15 is 0 Å². The van der Waals surface area contributed by atoms with Crippen molar-refractivity contribution >= 4 is 0 Å². The van der Waals surface area contributed by atoms with Gasteiger partial charge in [0.2, 0.25) is 0 Å². The Morgan fingerprint density at radius 3 is 2.32 bits per heavy atom. The monoisotopic (exact) mass is 265 g/mol. The Morgan fingerprint density at radius 1 is 1.21 bits per heavy atom. The summed E-state index contributed by atoms with van der Waals surface area (Å²) in [4.78, 5) is 0. The molecule has 0 bridgehead atoms. The molecule has 0 saturated carbocycles. The maximum atomic E-state index is 9.78. The second kappa shape index (κ2) is 7.63. The third-order valence-corrected chi connectivity index (χ3v) is 3.49. The van der Waals surface area contributed by atoms with Crippen LogP contribution < -0.4 is 5.32 Å². The summed E-state index contributed by atoms with van der Waals surface area (Å²) in [5, 5.41) is 13.0. The first kappa shape index (κ1) is 16.2. The normalized spacial score (nSPS) is 16.3. The van der Waals surface area contributed by atoms with Gasteiger partial charge >= 0.3 is 0 Å². The molecule has 0 fully saturated rings. The van der Waals surface area contributed by atoms with Crippen molar-refractivity contribution in [3.8, 4) is 0 Å². The molecule has 1 aromatic rings. The van der Waals surface area contributed by atoms with Crippen LogP contribution in [0.5, 0.6) is 0 Å². The van der Waals surface area contributed by atoms with Crippen LogP contribution in [-0.4, -0.2) is 31.5 Å². The number of rotatable bonds is 8. The van der Waals surface area contributed by atoms with Crippen molar-refractivity contribution in [1.29, 1.82) is 0 Å². The van der Waals surface area contributed by atoms with Crippen LogP contribution in [0.4, 0.5) is 0 Å². The molecule has 2 atom stereocenters. The number of benzene rings is 1. The Balaban J connectivity index is 2.72. The Hall–Kier alpha value is -0.900. The molecular formula is C16H27NO2. The molecular weight excluding hydrogens is 238 g/mol. The summed E-state index contributed by atoms with van der Waals surface area (Å²) in [6.07, 6.45) is 1.23. The van der Waals surface area contributed by atoms with E-state index in [1.165, 1.54) is 0 Å². The zero-order chi connectivity index (χ0) is 14.3. The largest absolute Gasteiger partial charge is 0.394 e. The van der Waals surface area contributed by atoms with Crippen LogP contribution in [0.2, 0.25) is 0 Å². The predicted octanol–water partition coefficient (Wildman–Crippen LogP) is 2.54. The number of nitrogens with one attached hydrogen (secondary N) is 1. The standard InChI is InChI=1S/C16H27NO2/c1-13(2)10-14(3)19-12-16(11-18,17-4)15-8-6-5-7-9-15/h5-9,13-14,17-18H,10-12H2,1-4H3. The van der Waals surface area contributed by atoms with E-state index in [0.29, 0.717) is 12.5 Å². The quantitative estimate of drug-likeness (QED) is 0.759. The first-order valence-electron chi connectivity index (χ1n) is 7.01. The highest BCUT2D eigenvalue weighted by Gasteiger charge is 2.30. The minimum absolute atomic E-state index is 0.0158. The van der Waals surface area contributed by atoms with Gasteiger partial charge in [-0.3, -0.25) is 0 Å². The molecule has 0 spiro atoms. The Labute approximate surface area is 117 Å². The van der Waals surface area contributed by atoms with Crippen LogP contribution in [0, 0.1) is 5.92 Å². The van der Waals surface area contributed by atoms with E-state index in [1.807, 2.05) is 37.4 Å². The lowest BCUT2D eigenvalue weighted by molar-refractivity contribution is -0.00924. The smallest absolute Gasteiger partial charge is 0.0903 e. The van der Waals surface area contributed by atoms with Gasteiger partial charge in [-0.1, -0.05) is 44.2 Å². The summed E-state index contributed by atoms with van der Waals surface area (Å²) in [7, 11) is 1.86. The number of ether oxygens (including phenoxy) is 1. The van der Waals surface area contributed by atoms with Gasteiger partial charge < -0.3 is 15.2 Å². The minimum atomic E-state index is -0.521. The summed E-state index contributed by atoms with van der Waals surface area (Å²) >= 11 is 0. The molecule has 0 radical (unpaired) electrons. The highest BCUT2D eigenvalue weighted by molar-refractivity contribution is 5.24. The van der Waals surface area contributed by atoms with Crippen molar-refractivity contribution in [2.24, 2.45) is 5.92 Å². The molecule has 2 unspecified atom stereocenters. The Morgan fingerprint density at radius 2 is 1.84 bits per heavy atom. The van der Waals surface area contributed by atoms with Crippen molar-refractivity contribution < 1.29 is 9.84 Å². The molecule has 0 amide bonds. The topological polar surface area (TPSA) is 41.5 Å². The minimum Gasteiger partial charge on any atom is -0.394 e. The molecule has 0 aromatic heterocycles. The first-order chi connectivity index (χ1) is 9.04. The van der Waals surface area contributed by atoms with Gasteiger partial charge in [0, 0.05) is 0 Å². The fraction of sp³-hybridized carbons (Fsp3) is 0.625. The van der Waals surface area contributed by atoms with Crippen LogP contribution in [0.25, 0.3) is 0 Å². The molecule has 2 N–H and O–H groups in total. The summed E-state index contributed by atoms with van der Waals surface area (Å²) < 4.78 is 5.93. The van der Waals surface area contributed by atoms with Gasteiger partial charge in [0.25, 0.3) is 0 Å².